The fourth-order valence-electron chi connectivity index (χ4n) is 1.95. The summed E-state index contributed by atoms with van der Waals surface area (Å²) in [6.07, 6.45) is 0. The second kappa shape index (κ2) is 3.15. The molecule has 0 radical (unpaired) electrons. The van der Waals surface area contributed by atoms with Crippen LogP contribution in [0.2, 0.25) is 0 Å². The van der Waals surface area contributed by atoms with E-state index in [0.29, 0.717) is 5.92 Å². The number of β-lactam (4-membered cyclic amide) rings is 1. The van der Waals surface area contributed by atoms with Crippen LogP contribution in [0.1, 0.15) is 31.4 Å². The minimum absolute atomic E-state index is 0.0700. The molecule has 1 aliphatic rings. The second-order valence-corrected chi connectivity index (χ2v) is 4.20. The van der Waals surface area contributed by atoms with Crippen LogP contribution in [-0.4, -0.2) is 5.91 Å². The third kappa shape index (κ3) is 1.33. The van der Waals surface area contributed by atoms with Gasteiger partial charge in [0.25, 0.3) is 0 Å². The molecule has 1 amide bonds. The summed E-state index contributed by atoms with van der Waals surface area (Å²) in [6.45, 7) is 6.03. The maximum atomic E-state index is 11.3. The maximum Gasteiger partial charge on any atom is 0.226 e. The first kappa shape index (κ1) is 9.31. The molecule has 2 heterocycles. The van der Waals surface area contributed by atoms with Gasteiger partial charge in [0.2, 0.25) is 5.91 Å². The van der Waals surface area contributed by atoms with E-state index in [1.54, 1.807) is 0 Å². The third-order valence-corrected chi connectivity index (χ3v) is 2.75. The Morgan fingerprint density at radius 1 is 1.43 bits per heavy atom. The van der Waals surface area contributed by atoms with Gasteiger partial charge < -0.3 is 9.73 Å². The predicted octanol–water partition coefficient (Wildman–Crippen LogP) is 2.03. The van der Waals surface area contributed by atoms with Crippen LogP contribution in [0.15, 0.2) is 16.5 Å². The van der Waals surface area contributed by atoms with E-state index < -0.39 is 0 Å². The van der Waals surface area contributed by atoms with Gasteiger partial charge in [-0.05, 0) is 25.0 Å². The zero-order valence-corrected chi connectivity index (χ0v) is 8.70. The lowest BCUT2D eigenvalue weighted by atomic mass is 9.80. The first-order valence-corrected chi connectivity index (χ1v) is 4.96. The van der Waals surface area contributed by atoms with Crippen molar-refractivity contribution < 1.29 is 9.21 Å². The molecule has 1 saturated heterocycles. The van der Waals surface area contributed by atoms with Crippen molar-refractivity contribution in [1.29, 1.82) is 0 Å². The Balaban J connectivity index is 2.17. The van der Waals surface area contributed by atoms with Crippen LogP contribution in [0.4, 0.5) is 0 Å². The minimum Gasteiger partial charge on any atom is -0.464 e. The van der Waals surface area contributed by atoms with E-state index in [1.165, 1.54) is 0 Å². The smallest absolute Gasteiger partial charge is 0.226 e. The van der Waals surface area contributed by atoms with Crippen LogP contribution >= 0.6 is 0 Å². The molecule has 2 rings (SSSR count). The van der Waals surface area contributed by atoms with Crippen molar-refractivity contribution >= 4 is 5.91 Å². The van der Waals surface area contributed by atoms with Gasteiger partial charge >= 0.3 is 0 Å². The van der Waals surface area contributed by atoms with Crippen LogP contribution in [-0.2, 0) is 4.79 Å². The molecule has 3 heteroatoms. The molecule has 1 aromatic rings. The normalized spacial score (nSPS) is 26.1. The zero-order valence-electron chi connectivity index (χ0n) is 8.70. The monoisotopic (exact) mass is 193 g/mol. The van der Waals surface area contributed by atoms with Gasteiger partial charge in [0.1, 0.15) is 11.5 Å². The van der Waals surface area contributed by atoms with Gasteiger partial charge in [-0.2, -0.15) is 0 Å². The number of furan rings is 1. The molecule has 3 nitrogen and oxygen atoms in total. The summed E-state index contributed by atoms with van der Waals surface area (Å²) in [5, 5.41) is 2.87. The fourth-order valence-corrected chi connectivity index (χ4v) is 1.95. The average Bonchev–Trinajstić information content (AvgIpc) is 2.45. The van der Waals surface area contributed by atoms with E-state index in [4.69, 9.17) is 4.42 Å². The lowest BCUT2D eigenvalue weighted by Crippen LogP contribution is -2.53. The molecule has 0 saturated carbocycles. The van der Waals surface area contributed by atoms with Crippen LogP contribution < -0.4 is 5.32 Å². The molecule has 1 fully saturated rings. The highest BCUT2D eigenvalue weighted by Crippen LogP contribution is 2.36. The number of carbonyl (C=O) groups excluding carboxylic acids is 1. The van der Waals surface area contributed by atoms with E-state index in [1.807, 2.05) is 19.1 Å². The van der Waals surface area contributed by atoms with Crippen LogP contribution in [0, 0.1) is 18.8 Å². The molecule has 0 spiro atoms. The first-order chi connectivity index (χ1) is 6.59. The highest BCUT2D eigenvalue weighted by molar-refractivity contribution is 5.86. The van der Waals surface area contributed by atoms with E-state index in [9.17, 15) is 4.79 Å². The Morgan fingerprint density at radius 2 is 2.14 bits per heavy atom. The molecule has 2 unspecified atom stereocenters. The molecule has 1 N–H and O–H groups in total. The van der Waals surface area contributed by atoms with Crippen molar-refractivity contribution in [2.45, 2.75) is 26.8 Å². The molecule has 14 heavy (non-hydrogen) atoms. The second-order valence-electron chi connectivity index (χ2n) is 4.20. The quantitative estimate of drug-likeness (QED) is 0.730. The summed E-state index contributed by atoms with van der Waals surface area (Å²) in [7, 11) is 0. The summed E-state index contributed by atoms with van der Waals surface area (Å²) < 4.78 is 5.50. The fraction of sp³-hybridized carbons (Fsp3) is 0.545. The largest absolute Gasteiger partial charge is 0.464 e. The molecule has 0 aromatic carbocycles. The van der Waals surface area contributed by atoms with E-state index in [-0.39, 0.29) is 17.9 Å². The highest BCUT2D eigenvalue weighted by Gasteiger charge is 2.43. The Bertz CT molecular complexity index is 354. The van der Waals surface area contributed by atoms with Crippen molar-refractivity contribution in [3.05, 3.63) is 23.7 Å². The van der Waals surface area contributed by atoms with Gasteiger partial charge in [-0.15, -0.1) is 0 Å². The van der Waals surface area contributed by atoms with E-state index in [0.717, 1.165) is 11.5 Å². The molecule has 76 valence electrons. The predicted molar refractivity (Wildman–Crippen MR) is 52.7 cm³/mol. The highest BCUT2D eigenvalue weighted by atomic mass is 16.3. The van der Waals surface area contributed by atoms with Crippen molar-refractivity contribution in [3.8, 4) is 0 Å². The number of hydrogen-bond acceptors (Lipinski definition) is 2. The number of nitrogens with one attached hydrogen (secondary N) is 1. The van der Waals surface area contributed by atoms with Crippen molar-refractivity contribution in [1.82, 2.24) is 5.32 Å². The summed E-state index contributed by atoms with van der Waals surface area (Å²) in [5.74, 6) is 2.34. The Kier molecular flexibility index (Phi) is 2.10. The molecular weight excluding hydrogens is 178 g/mol. The van der Waals surface area contributed by atoms with Crippen LogP contribution in [0.5, 0.6) is 0 Å². The van der Waals surface area contributed by atoms with Gasteiger partial charge in [-0.3, -0.25) is 4.79 Å². The molecular formula is C11H15NO2. The first-order valence-electron chi connectivity index (χ1n) is 4.96. The van der Waals surface area contributed by atoms with Crippen molar-refractivity contribution in [2.24, 2.45) is 11.8 Å². The minimum atomic E-state index is 0.0700. The SMILES string of the molecule is Cc1ccc(C2NC(=O)C2C(C)C)o1. The molecule has 0 aliphatic carbocycles. The van der Waals surface area contributed by atoms with Crippen molar-refractivity contribution in [2.75, 3.05) is 0 Å². The van der Waals surface area contributed by atoms with Crippen molar-refractivity contribution in [3.63, 3.8) is 0 Å². The summed E-state index contributed by atoms with van der Waals surface area (Å²) >= 11 is 0. The number of aryl methyl sites for hydroxylation is 1. The van der Waals surface area contributed by atoms with E-state index in [2.05, 4.69) is 19.2 Å². The summed E-state index contributed by atoms with van der Waals surface area (Å²) in [4.78, 5) is 11.3. The molecule has 0 bridgehead atoms. The molecule has 1 aromatic heterocycles. The number of amides is 1. The summed E-state index contributed by atoms with van der Waals surface area (Å²) in [5.41, 5.74) is 0. The third-order valence-electron chi connectivity index (χ3n) is 2.75. The van der Waals surface area contributed by atoms with E-state index >= 15 is 0 Å². The Morgan fingerprint density at radius 3 is 2.57 bits per heavy atom. The van der Waals surface area contributed by atoms with Gasteiger partial charge in [0.05, 0.1) is 12.0 Å². The molecule has 2 atom stereocenters. The molecule has 1 aliphatic heterocycles. The van der Waals surface area contributed by atoms with Crippen LogP contribution in [0.25, 0.3) is 0 Å². The van der Waals surface area contributed by atoms with Gasteiger partial charge in [-0.1, -0.05) is 13.8 Å². The lowest BCUT2D eigenvalue weighted by molar-refractivity contribution is -0.138. The standard InChI is InChI=1S/C11H15NO2/c1-6(2)9-10(12-11(9)13)8-5-4-7(3)14-8/h4-6,9-10H,1-3H3,(H,12,13). The Labute approximate surface area is 83.5 Å². The zero-order chi connectivity index (χ0) is 10.3. The number of carbonyl (C=O) groups is 1. The van der Waals surface area contributed by atoms with Crippen LogP contribution in [0.3, 0.4) is 0 Å². The lowest BCUT2D eigenvalue weighted by Gasteiger charge is -2.37. The van der Waals surface area contributed by atoms with Gasteiger partial charge in [0, 0.05) is 0 Å². The maximum absolute atomic E-state index is 11.3. The topological polar surface area (TPSA) is 42.2 Å². The average molecular weight is 193 g/mol. The Hall–Kier alpha value is -1.25. The summed E-state index contributed by atoms with van der Waals surface area (Å²) in [6, 6.07) is 3.95. The van der Waals surface area contributed by atoms with Gasteiger partial charge in [0.15, 0.2) is 0 Å². The number of hydrogen-bond donors (Lipinski definition) is 1. The number of rotatable bonds is 2. The van der Waals surface area contributed by atoms with Gasteiger partial charge in [-0.25, -0.2) is 0 Å².